The molecule has 3 rings (SSSR count). The van der Waals surface area contributed by atoms with Gasteiger partial charge in [-0.25, -0.2) is 4.98 Å². The molecule has 0 atom stereocenters. The zero-order valence-electron chi connectivity index (χ0n) is 13.5. The van der Waals surface area contributed by atoms with E-state index in [4.69, 9.17) is 9.26 Å². The van der Waals surface area contributed by atoms with Crippen LogP contribution in [0.5, 0.6) is 0 Å². The molecule has 0 radical (unpaired) electrons. The van der Waals surface area contributed by atoms with E-state index in [9.17, 15) is 0 Å². The van der Waals surface area contributed by atoms with Gasteiger partial charge in [-0.2, -0.15) is 0 Å². The second kappa shape index (κ2) is 6.75. The van der Waals surface area contributed by atoms with E-state index in [1.807, 2.05) is 19.1 Å². The number of anilines is 1. The Bertz CT molecular complexity index is 770. The molecular weight excluding hydrogens is 292 g/mol. The van der Waals surface area contributed by atoms with Crippen LogP contribution in [0.4, 0.5) is 5.82 Å². The number of nitrogens with zero attached hydrogens (tertiary/aromatic N) is 4. The second-order valence-corrected chi connectivity index (χ2v) is 5.45. The maximum Gasteiger partial charge on any atom is 0.198 e. The number of morpholine rings is 1. The van der Waals surface area contributed by atoms with Gasteiger partial charge in [-0.3, -0.25) is 4.99 Å². The van der Waals surface area contributed by atoms with Crippen molar-refractivity contribution in [1.29, 1.82) is 0 Å². The van der Waals surface area contributed by atoms with Crippen LogP contribution < -0.4 is 4.90 Å². The fraction of sp³-hybridized carbons (Fsp3) is 0.353. The topological polar surface area (TPSA) is 63.8 Å². The predicted molar refractivity (Wildman–Crippen MR) is 91.8 cm³/mol. The summed E-state index contributed by atoms with van der Waals surface area (Å²) in [5, 5.41) is 4.25. The minimum atomic E-state index is 0.700. The molecule has 23 heavy (non-hydrogen) atoms. The molecule has 0 bridgehead atoms. The zero-order chi connectivity index (χ0) is 16.2. The number of rotatable bonds is 4. The Morgan fingerprint density at radius 2 is 2.13 bits per heavy atom. The van der Waals surface area contributed by atoms with Gasteiger partial charge < -0.3 is 14.2 Å². The van der Waals surface area contributed by atoms with Crippen molar-refractivity contribution in [3.05, 3.63) is 35.7 Å². The van der Waals surface area contributed by atoms with Gasteiger partial charge in [0.05, 0.1) is 13.2 Å². The molecule has 3 heterocycles. The molecule has 0 aliphatic carbocycles. The third-order valence-corrected chi connectivity index (χ3v) is 4.08. The Kier molecular flexibility index (Phi) is 4.52. The van der Waals surface area contributed by atoms with Gasteiger partial charge >= 0.3 is 0 Å². The average molecular weight is 312 g/mol. The van der Waals surface area contributed by atoms with Crippen molar-refractivity contribution in [2.75, 3.05) is 31.2 Å². The molecule has 2 aromatic rings. The van der Waals surface area contributed by atoms with E-state index in [1.54, 1.807) is 12.4 Å². The first-order chi connectivity index (χ1) is 11.2. The smallest absolute Gasteiger partial charge is 0.198 e. The highest BCUT2D eigenvalue weighted by Crippen LogP contribution is 2.31. The van der Waals surface area contributed by atoms with Crippen LogP contribution in [0.25, 0.3) is 16.7 Å². The summed E-state index contributed by atoms with van der Waals surface area (Å²) in [7, 11) is 0. The number of allylic oxidation sites excluding steroid dienone is 3. The normalized spacial score (nSPS) is 16.9. The van der Waals surface area contributed by atoms with Crippen LogP contribution in [0.3, 0.4) is 0 Å². The molecule has 0 aromatic carbocycles. The molecule has 0 spiro atoms. The summed E-state index contributed by atoms with van der Waals surface area (Å²) in [6, 6.07) is 1.95. The van der Waals surface area contributed by atoms with Crippen molar-refractivity contribution < 1.29 is 9.26 Å². The van der Waals surface area contributed by atoms with E-state index in [1.165, 1.54) is 0 Å². The molecule has 1 aliphatic heterocycles. The molecule has 6 nitrogen and oxygen atoms in total. The first-order valence-corrected chi connectivity index (χ1v) is 7.59. The molecular formula is C17H20N4O2. The van der Waals surface area contributed by atoms with Gasteiger partial charge in [0.25, 0.3) is 0 Å². The van der Waals surface area contributed by atoms with Crippen molar-refractivity contribution in [2.24, 2.45) is 4.99 Å². The van der Waals surface area contributed by atoms with Crippen LogP contribution in [-0.4, -0.2) is 43.2 Å². The largest absolute Gasteiger partial charge is 0.378 e. The van der Waals surface area contributed by atoms with Gasteiger partial charge in [0.15, 0.2) is 16.9 Å². The monoisotopic (exact) mass is 312 g/mol. The van der Waals surface area contributed by atoms with Crippen LogP contribution in [0.15, 0.2) is 39.6 Å². The lowest BCUT2D eigenvalue weighted by Gasteiger charge is -2.26. The van der Waals surface area contributed by atoms with Gasteiger partial charge in [0, 0.05) is 31.0 Å². The zero-order valence-corrected chi connectivity index (χ0v) is 13.5. The summed E-state index contributed by atoms with van der Waals surface area (Å²) >= 11 is 0. The van der Waals surface area contributed by atoms with Gasteiger partial charge in [-0.05, 0) is 43.9 Å². The molecule has 1 fully saturated rings. The lowest BCUT2D eigenvalue weighted by Crippen LogP contribution is -2.36. The molecule has 1 aliphatic rings. The highest BCUT2D eigenvalue weighted by atomic mass is 16.5. The Labute approximate surface area is 135 Å². The molecule has 0 N–H and O–H groups in total. The van der Waals surface area contributed by atoms with Crippen LogP contribution in [0, 0.1) is 0 Å². The molecule has 120 valence electrons. The highest BCUT2D eigenvalue weighted by molar-refractivity contribution is 5.93. The molecule has 0 saturated carbocycles. The first kappa shape index (κ1) is 15.4. The average Bonchev–Trinajstić information content (AvgIpc) is 3.03. The van der Waals surface area contributed by atoms with Gasteiger partial charge in [0.2, 0.25) is 0 Å². The Morgan fingerprint density at radius 3 is 2.87 bits per heavy atom. The molecule has 0 unspecified atom stereocenters. The quantitative estimate of drug-likeness (QED) is 0.641. The van der Waals surface area contributed by atoms with Crippen molar-refractivity contribution in [2.45, 2.75) is 13.8 Å². The summed E-state index contributed by atoms with van der Waals surface area (Å²) in [4.78, 5) is 10.4. The number of ether oxygens (including phenoxy) is 1. The Morgan fingerprint density at radius 1 is 1.35 bits per heavy atom. The molecule has 0 amide bonds. The Balaban J connectivity index is 2.05. The standard InChI is InChI=1S/C17H20N4O2/c1-12(4-6-18-3)13(2)14-5-7-19-15-16(14)23-20-17(15)21-8-10-22-11-9-21/h4-7H,3,8-11H2,1-2H3/b6-4-,13-12+. The van der Waals surface area contributed by atoms with Crippen LogP contribution in [0.2, 0.25) is 0 Å². The van der Waals surface area contributed by atoms with E-state index in [-0.39, 0.29) is 0 Å². The van der Waals surface area contributed by atoms with E-state index in [0.29, 0.717) is 18.8 Å². The second-order valence-electron chi connectivity index (χ2n) is 5.45. The van der Waals surface area contributed by atoms with Crippen molar-refractivity contribution in [3.63, 3.8) is 0 Å². The van der Waals surface area contributed by atoms with E-state index in [2.05, 4.69) is 33.7 Å². The summed E-state index contributed by atoms with van der Waals surface area (Å²) in [5.41, 5.74) is 4.69. The summed E-state index contributed by atoms with van der Waals surface area (Å²) < 4.78 is 11.0. The lowest BCUT2D eigenvalue weighted by molar-refractivity contribution is 0.122. The van der Waals surface area contributed by atoms with E-state index < -0.39 is 0 Å². The van der Waals surface area contributed by atoms with Crippen molar-refractivity contribution in [1.82, 2.24) is 10.1 Å². The fourth-order valence-electron chi connectivity index (χ4n) is 2.61. The number of pyridine rings is 1. The maximum atomic E-state index is 5.62. The summed E-state index contributed by atoms with van der Waals surface area (Å²) in [5.74, 6) is 0.791. The number of aromatic nitrogens is 2. The summed E-state index contributed by atoms with van der Waals surface area (Å²) in [6.45, 7) is 10.5. The molecule has 1 saturated heterocycles. The molecule has 6 heteroatoms. The van der Waals surface area contributed by atoms with Gasteiger partial charge in [0.1, 0.15) is 0 Å². The molecule has 2 aromatic heterocycles. The fourth-order valence-corrected chi connectivity index (χ4v) is 2.61. The predicted octanol–water partition coefficient (Wildman–Crippen LogP) is 3.07. The first-order valence-electron chi connectivity index (χ1n) is 7.59. The van der Waals surface area contributed by atoms with Crippen molar-refractivity contribution >= 4 is 29.2 Å². The van der Waals surface area contributed by atoms with Crippen molar-refractivity contribution in [3.8, 4) is 0 Å². The number of hydrogen-bond acceptors (Lipinski definition) is 6. The Hall–Kier alpha value is -2.47. The minimum absolute atomic E-state index is 0.700. The van der Waals surface area contributed by atoms with Gasteiger partial charge in [-0.15, -0.1) is 0 Å². The van der Waals surface area contributed by atoms with E-state index >= 15 is 0 Å². The SMILES string of the molecule is C=N/C=C\C(C)=C(/C)c1ccnc2c(N3CCOCC3)noc12. The van der Waals surface area contributed by atoms with E-state index in [0.717, 1.165) is 41.1 Å². The number of hydrogen-bond donors (Lipinski definition) is 0. The highest BCUT2D eigenvalue weighted by Gasteiger charge is 2.21. The lowest BCUT2D eigenvalue weighted by atomic mass is 10.0. The minimum Gasteiger partial charge on any atom is -0.378 e. The summed E-state index contributed by atoms with van der Waals surface area (Å²) in [6.07, 6.45) is 5.40. The van der Waals surface area contributed by atoms with Crippen LogP contribution in [-0.2, 0) is 4.74 Å². The number of aliphatic imine (C=N–C) groups is 1. The van der Waals surface area contributed by atoms with Crippen LogP contribution in [0.1, 0.15) is 19.4 Å². The van der Waals surface area contributed by atoms with Gasteiger partial charge in [-0.1, -0.05) is 5.16 Å². The maximum absolute atomic E-state index is 5.62. The third-order valence-electron chi connectivity index (χ3n) is 4.08. The number of fused-ring (bicyclic) bond motifs is 1. The van der Waals surface area contributed by atoms with Crippen LogP contribution >= 0.6 is 0 Å². The third kappa shape index (κ3) is 3.03.